The van der Waals surface area contributed by atoms with Crippen molar-refractivity contribution in [2.24, 2.45) is 5.84 Å². The van der Waals surface area contributed by atoms with E-state index in [-0.39, 0.29) is 13.2 Å². The maximum atomic E-state index is 8.56. The quantitative estimate of drug-likeness (QED) is 0.212. The number of aliphatic hydroxyl groups excluding tert-OH is 2. The van der Waals surface area contributed by atoms with Crippen LogP contribution in [-0.4, -0.2) is 45.8 Å². The Morgan fingerprint density at radius 3 is 2.00 bits per heavy atom. The number of hydrogen-bond donors (Lipinski definition) is 6. The van der Waals surface area contributed by atoms with E-state index in [9.17, 15) is 0 Å². The lowest BCUT2D eigenvalue weighted by Crippen LogP contribution is -2.33. The van der Waals surface area contributed by atoms with Gasteiger partial charge in [-0.2, -0.15) is 0 Å². The number of rotatable bonds is 3. The third-order valence-electron chi connectivity index (χ3n) is 0.564. The van der Waals surface area contributed by atoms with Crippen LogP contribution in [0.3, 0.4) is 0 Å². The van der Waals surface area contributed by atoms with Crippen molar-refractivity contribution in [2.45, 2.75) is 6.10 Å². The molecular formula is C4H12N2O5. The van der Waals surface area contributed by atoms with Gasteiger partial charge in [-0.15, -0.1) is 0 Å². The lowest BCUT2D eigenvalue weighted by Gasteiger charge is -2.02. The highest BCUT2D eigenvalue weighted by molar-refractivity contribution is 5.53. The van der Waals surface area contributed by atoms with E-state index in [4.69, 9.17) is 31.1 Å². The largest absolute Gasteiger partial charge is 0.503 e. The minimum atomic E-state index is -1.83. The van der Waals surface area contributed by atoms with Gasteiger partial charge in [0, 0.05) is 6.54 Å². The van der Waals surface area contributed by atoms with Crippen LogP contribution in [0, 0.1) is 0 Å². The number of hydrogen-bond acceptors (Lipinski definition) is 5. The molecule has 0 aliphatic heterocycles. The van der Waals surface area contributed by atoms with Crippen LogP contribution in [-0.2, 0) is 0 Å². The van der Waals surface area contributed by atoms with Crippen molar-refractivity contribution in [1.82, 2.24) is 5.43 Å². The molecule has 0 heterocycles. The molecule has 0 aromatic heterocycles. The molecule has 0 fully saturated rings. The van der Waals surface area contributed by atoms with Crippen LogP contribution in [0.15, 0.2) is 0 Å². The van der Waals surface area contributed by atoms with E-state index in [1.54, 1.807) is 0 Å². The summed E-state index contributed by atoms with van der Waals surface area (Å²) in [7, 11) is 0. The van der Waals surface area contributed by atoms with Crippen molar-refractivity contribution in [3.8, 4) is 0 Å². The van der Waals surface area contributed by atoms with Gasteiger partial charge in [0.25, 0.3) is 0 Å². The van der Waals surface area contributed by atoms with Crippen molar-refractivity contribution >= 4 is 6.16 Å². The van der Waals surface area contributed by atoms with Crippen LogP contribution in [0.4, 0.5) is 4.79 Å². The average molecular weight is 168 g/mol. The molecule has 1 unspecified atom stereocenters. The summed E-state index contributed by atoms with van der Waals surface area (Å²) < 4.78 is 0. The summed E-state index contributed by atoms with van der Waals surface area (Å²) in [5, 5.41) is 30.5. The van der Waals surface area contributed by atoms with Crippen molar-refractivity contribution in [2.75, 3.05) is 13.2 Å². The molecule has 0 spiro atoms. The van der Waals surface area contributed by atoms with E-state index in [0.29, 0.717) is 0 Å². The fraction of sp³-hybridized carbons (Fsp3) is 0.750. The maximum absolute atomic E-state index is 8.56. The fourth-order valence-electron chi connectivity index (χ4n) is 0.201. The summed E-state index contributed by atoms with van der Waals surface area (Å²) in [4.78, 5) is 8.56. The first kappa shape index (κ1) is 12.8. The van der Waals surface area contributed by atoms with Gasteiger partial charge < -0.3 is 20.4 Å². The molecule has 0 saturated carbocycles. The monoisotopic (exact) mass is 168 g/mol. The molecule has 7 nitrogen and oxygen atoms in total. The van der Waals surface area contributed by atoms with E-state index in [1.807, 2.05) is 0 Å². The normalized spacial score (nSPS) is 11.2. The Labute approximate surface area is 63.0 Å². The van der Waals surface area contributed by atoms with Gasteiger partial charge in [-0.1, -0.05) is 0 Å². The maximum Gasteiger partial charge on any atom is 0.503 e. The summed E-state index contributed by atoms with van der Waals surface area (Å²) in [5.41, 5.74) is 2.21. The summed E-state index contributed by atoms with van der Waals surface area (Å²) >= 11 is 0. The molecular weight excluding hydrogens is 156 g/mol. The first-order valence-corrected chi connectivity index (χ1v) is 2.68. The molecule has 0 aromatic carbocycles. The molecule has 0 bridgehead atoms. The molecule has 68 valence electrons. The summed E-state index contributed by atoms with van der Waals surface area (Å²) in [6.45, 7) is -0.0132. The van der Waals surface area contributed by atoms with Gasteiger partial charge in [0.2, 0.25) is 0 Å². The average Bonchev–Trinajstić information content (AvgIpc) is 1.87. The first-order valence-electron chi connectivity index (χ1n) is 2.68. The summed E-state index contributed by atoms with van der Waals surface area (Å²) in [6.07, 6.45) is -2.56. The minimum absolute atomic E-state index is 0.233. The van der Waals surface area contributed by atoms with Gasteiger partial charge >= 0.3 is 6.16 Å². The molecule has 0 aromatic rings. The molecule has 1 atom stereocenters. The van der Waals surface area contributed by atoms with Crippen LogP contribution in [0.5, 0.6) is 0 Å². The van der Waals surface area contributed by atoms with Crippen LogP contribution in [0.1, 0.15) is 0 Å². The SMILES string of the molecule is NNCC(O)CO.O=C(O)O. The summed E-state index contributed by atoms with van der Waals surface area (Å²) in [5.74, 6) is 4.78. The second-order valence-corrected chi connectivity index (χ2v) is 1.53. The Bertz CT molecular complexity index is 94.5. The Hall–Kier alpha value is -0.890. The first-order chi connectivity index (χ1) is 5.04. The van der Waals surface area contributed by atoms with Crippen LogP contribution < -0.4 is 11.3 Å². The highest BCUT2D eigenvalue weighted by Crippen LogP contribution is 1.71. The predicted molar refractivity (Wildman–Crippen MR) is 35.9 cm³/mol. The molecule has 7 N–H and O–H groups in total. The van der Waals surface area contributed by atoms with Gasteiger partial charge in [-0.05, 0) is 0 Å². The molecule has 0 amide bonds. The number of nitrogens with two attached hydrogens (primary N) is 1. The Kier molecular flexibility index (Phi) is 10.6. The van der Waals surface area contributed by atoms with Crippen molar-refractivity contribution in [3.63, 3.8) is 0 Å². The standard InChI is InChI=1S/C3H10N2O2.CH2O3/c4-5-1-3(7)2-6;2-1(3)4/h3,5-7H,1-2,4H2;(H2,2,3,4). The van der Waals surface area contributed by atoms with Gasteiger partial charge in [-0.25, -0.2) is 4.79 Å². The van der Waals surface area contributed by atoms with Gasteiger partial charge in [-0.3, -0.25) is 11.3 Å². The van der Waals surface area contributed by atoms with Crippen LogP contribution in [0.25, 0.3) is 0 Å². The second kappa shape index (κ2) is 9.11. The molecule has 11 heavy (non-hydrogen) atoms. The smallest absolute Gasteiger partial charge is 0.450 e. The molecule has 0 radical (unpaired) electrons. The molecule has 0 rings (SSSR count). The summed E-state index contributed by atoms with van der Waals surface area (Å²) in [6, 6.07) is 0. The topological polar surface area (TPSA) is 136 Å². The minimum Gasteiger partial charge on any atom is -0.450 e. The predicted octanol–water partition coefficient (Wildman–Crippen LogP) is -1.97. The van der Waals surface area contributed by atoms with Crippen LogP contribution in [0.2, 0.25) is 0 Å². The van der Waals surface area contributed by atoms with E-state index in [2.05, 4.69) is 5.43 Å². The fourth-order valence-corrected chi connectivity index (χ4v) is 0.201. The Morgan fingerprint density at radius 2 is 1.91 bits per heavy atom. The zero-order chi connectivity index (χ0) is 9.28. The van der Waals surface area contributed by atoms with E-state index in [1.165, 1.54) is 0 Å². The van der Waals surface area contributed by atoms with Crippen molar-refractivity contribution in [3.05, 3.63) is 0 Å². The Morgan fingerprint density at radius 1 is 1.55 bits per heavy atom. The zero-order valence-corrected chi connectivity index (χ0v) is 5.77. The van der Waals surface area contributed by atoms with E-state index in [0.717, 1.165) is 0 Å². The highest BCUT2D eigenvalue weighted by atomic mass is 16.6. The zero-order valence-electron chi connectivity index (χ0n) is 5.77. The molecule has 0 aliphatic carbocycles. The van der Waals surface area contributed by atoms with Gasteiger partial charge in [0.15, 0.2) is 0 Å². The number of carboxylic acid groups (broad SMARTS) is 2. The number of nitrogens with one attached hydrogen (secondary N) is 1. The molecule has 0 saturated heterocycles. The van der Waals surface area contributed by atoms with Crippen LogP contribution >= 0.6 is 0 Å². The highest BCUT2D eigenvalue weighted by Gasteiger charge is 1.95. The lowest BCUT2D eigenvalue weighted by molar-refractivity contribution is 0.0947. The lowest BCUT2D eigenvalue weighted by atomic mass is 10.4. The van der Waals surface area contributed by atoms with Crippen molar-refractivity contribution in [1.29, 1.82) is 0 Å². The van der Waals surface area contributed by atoms with Gasteiger partial charge in [0.1, 0.15) is 0 Å². The Balaban J connectivity index is 0. The van der Waals surface area contributed by atoms with Gasteiger partial charge in [0.05, 0.1) is 12.7 Å². The third kappa shape index (κ3) is 27.3. The number of carbonyl (C=O) groups is 1. The second-order valence-electron chi connectivity index (χ2n) is 1.53. The van der Waals surface area contributed by atoms with E-state index >= 15 is 0 Å². The third-order valence-corrected chi connectivity index (χ3v) is 0.564. The van der Waals surface area contributed by atoms with Crippen molar-refractivity contribution < 1.29 is 25.2 Å². The number of aliphatic hydroxyl groups is 2. The van der Waals surface area contributed by atoms with E-state index < -0.39 is 12.3 Å². The molecule has 0 aliphatic rings. The number of hydrazine groups is 1. The molecule has 7 heteroatoms.